The van der Waals surface area contributed by atoms with Crippen LogP contribution >= 0.6 is 0 Å². The van der Waals surface area contributed by atoms with Crippen molar-refractivity contribution in [3.63, 3.8) is 0 Å². The predicted molar refractivity (Wildman–Crippen MR) is 70.3 cm³/mol. The van der Waals surface area contributed by atoms with E-state index in [0.717, 1.165) is 0 Å². The van der Waals surface area contributed by atoms with Gasteiger partial charge in [-0.3, -0.25) is 9.59 Å². The Hall–Kier alpha value is -2.37. The number of rotatable bonds is 4. The fourth-order valence-electron chi connectivity index (χ4n) is 1.60. The number of aromatic carboxylic acids is 1. The molecule has 1 aromatic rings. The molecular formula is C13H16N2O4. The van der Waals surface area contributed by atoms with E-state index in [4.69, 9.17) is 5.11 Å². The fraction of sp³-hybridized carbons (Fsp3) is 0.308. The summed E-state index contributed by atoms with van der Waals surface area (Å²) in [6.07, 6.45) is 0. The smallest absolute Gasteiger partial charge is 0.336 e. The number of amides is 2. The van der Waals surface area contributed by atoms with Gasteiger partial charge in [0.15, 0.2) is 0 Å². The Kier molecular flexibility index (Phi) is 4.63. The summed E-state index contributed by atoms with van der Waals surface area (Å²) in [7, 11) is 0. The van der Waals surface area contributed by atoms with Gasteiger partial charge in [-0.1, -0.05) is 6.07 Å². The molecule has 0 fully saturated rings. The minimum atomic E-state index is -1.22. The predicted octanol–water partition coefficient (Wildman–Crippen LogP) is 1.48. The van der Waals surface area contributed by atoms with Crippen LogP contribution in [0.4, 0.5) is 5.69 Å². The second-order valence-corrected chi connectivity index (χ2v) is 4.34. The molecule has 0 saturated heterocycles. The summed E-state index contributed by atoms with van der Waals surface area (Å²) in [5, 5.41) is 14.2. The Balaban J connectivity index is 3.32. The summed E-state index contributed by atoms with van der Waals surface area (Å²) in [6.45, 7) is 4.82. The van der Waals surface area contributed by atoms with Gasteiger partial charge in [0, 0.05) is 13.0 Å². The minimum absolute atomic E-state index is 0.0427. The number of hydrogen-bond acceptors (Lipinski definition) is 3. The topological polar surface area (TPSA) is 95.5 Å². The Morgan fingerprint density at radius 1 is 1.21 bits per heavy atom. The molecule has 0 saturated carbocycles. The second kappa shape index (κ2) is 5.99. The minimum Gasteiger partial charge on any atom is -0.478 e. The molecule has 3 N–H and O–H groups in total. The van der Waals surface area contributed by atoms with Crippen molar-refractivity contribution < 1.29 is 19.5 Å². The van der Waals surface area contributed by atoms with Gasteiger partial charge in [-0.25, -0.2) is 4.79 Å². The van der Waals surface area contributed by atoms with Gasteiger partial charge < -0.3 is 15.7 Å². The molecule has 0 aliphatic heterocycles. The van der Waals surface area contributed by atoms with Crippen molar-refractivity contribution in [2.24, 2.45) is 0 Å². The molecule has 102 valence electrons. The highest BCUT2D eigenvalue weighted by atomic mass is 16.4. The molecule has 0 unspecified atom stereocenters. The van der Waals surface area contributed by atoms with Crippen LogP contribution in [0, 0.1) is 0 Å². The number of anilines is 1. The third-order valence-electron chi connectivity index (χ3n) is 2.25. The van der Waals surface area contributed by atoms with Crippen molar-refractivity contribution in [1.82, 2.24) is 5.32 Å². The number of benzene rings is 1. The van der Waals surface area contributed by atoms with Gasteiger partial charge in [-0.15, -0.1) is 0 Å². The number of hydrogen-bond donors (Lipinski definition) is 3. The molecule has 19 heavy (non-hydrogen) atoms. The van der Waals surface area contributed by atoms with Gasteiger partial charge in [0.25, 0.3) is 5.91 Å². The highest BCUT2D eigenvalue weighted by Gasteiger charge is 2.21. The van der Waals surface area contributed by atoms with Gasteiger partial charge in [0.05, 0.1) is 16.8 Å². The average molecular weight is 264 g/mol. The molecule has 2 amide bonds. The Bertz CT molecular complexity index is 523. The van der Waals surface area contributed by atoms with Crippen molar-refractivity contribution in [2.45, 2.75) is 26.8 Å². The summed E-state index contributed by atoms with van der Waals surface area (Å²) < 4.78 is 0. The van der Waals surface area contributed by atoms with Crippen LogP contribution in [0.3, 0.4) is 0 Å². The lowest BCUT2D eigenvalue weighted by Crippen LogP contribution is -2.32. The lowest BCUT2D eigenvalue weighted by molar-refractivity contribution is -0.114. The fourth-order valence-corrected chi connectivity index (χ4v) is 1.60. The Morgan fingerprint density at radius 2 is 1.84 bits per heavy atom. The van der Waals surface area contributed by atoms with E-state index in [2.05, 4.69) is 10.6 Å². The van der Waals surface area contributed by atoms with E-state index >= 15 is 0 Å². The average Bonchev–Trinajstić information content (AvgIpc) is 2.26. The van der Waals surface area contributed by atoms with Crippen LogP contribution in [-0.4, -0.2) is 28.9 Å². The highest BCUT2D eigenvalue weighted by molar-refractivity contribution is 6.10. The first kappa shape index (κ1) is 14.7. The van der Waals surface area contributed by atoms with E-state index in [-0.39, 0.29) is 28.8 Å². The number of nitrogens with one attached hydrogen (secondary N) is 2. The maximum absolute atomic E-state index is 12.1. The van der Waals surface area contributed by atoms with Crippen molar-refractivity contribution in [2.75, 3.05) is 5.32 Å². The maximum Gasteiger partial charge on any atom is 0.336 e. The Labute approximate surface area is 110 Å². The number of carboxylic acids is 1. The van der Waals surface area contributed by atoms with E-state index in [1.54, 1.807) is 13.8 Å². The summed E-state index contributed by atoms with van der Waals surface area (Å²) in [6, 6.07) is 4.15. The van der Waals surface area contributed by atoms with E-state index in [9.17, 15) is 14.4 Å². The molecule has 0 spiro atoms. The van der Waals surface area contributed by atoms with Crippen LogP contribution in [0.25, 0.3) is 0 Å². The van der Waals surface area contributed by atoms with Crippen LogP contribution in [0.5, 0.6) is 0 Å². The first-order chi connectivity index (χ1) is 8.82. The molecule has 0 radical (unpaired) electrons. The monoisotopic (exact) mass is 264 g/mol. The molecular weight excluding hydrogens is 248 g/mol. The quantitative estimate of drug-likeness (QED) is 0.767. The van der Waals surface area contributed by atoms with Gasteiger partial charge in [-0.05, 0) is 26.0 Å². The summed E-state index contributed by atoms with van der Waals surface area (Å²) in [5.41, 5.74) is -0.00569. The molecule has 6 heteroatoms. The first-order valence-electron chi connectivity index (χ1n) is 5.77. The van der Waals surface area contributed by atoms with Gasteiger partial charge in [-0.2, -0.15) is 0 Å². The van der Waals surface area contributed by atoms with E-state index in [1.807, 2.05) is 0 Å². The molecule has 0 heterocycles. The molecule has 0 aliphatic rings. The molecule has 1 rings (SSSR count). The standard InChI is InChI=1S/C13H16N2O4/c1-7(2)14-12(17)11-9(13(18)19)5-4-6-10(11)15-8(3)16/h4-7H,1-3H3,(H,14,17)(H,15,16)(H,18,19). The number of carbonyl (C=O) groups excluding carboxylic acids is 2. The van der Waals surface area contributed by atoms with Crippen LogP contribution in [-0.2, 0) is 4.79 Å². The summed E-state index contributed by atoms with van der Waals surface area (Å²) >= 11 is 0. The largest absolute Gasteiger partial charge is 0.478 e. The zero-order valence-corrected chi connectivity index (χ0v) is 11.0. The molecule has 6 nitrogen and oxygen atoms in total. The maximum atomic E-state index is 12.1. The Morgan fingerprint density at radius 3 is 2.32 bits per heavy atom. The van der Waals surface area contributed by atoms with Crippen LogP contribution < -0.4 is 10.6 Å². The zero-order valence-electron chi connectivity index (χ0n) is 11.0. The molecule has 0 aromatic heterocycles. The normalized spacial score (nSPS) is 10.1. The number of carboxylic acid groups (broad SMARTS) is 1. The van der Waals surface area contributed by atoms with Gasteiger partial charge in [0.1, 0.15) is 0 Å². The van der Waals surface area contributed by atoms with E-state index in [1.165, 1.54) is 25.1 Å². The van der Waals surface area contributed by atoms with Crippen molar-refractivity contribution in [3.05, 3.63) is 29.3 Å². The molecule has 0 aliphatic carbocycles. The molecule has 1 aromatic carbocycles. The van der Waals surface area contributed by atoms with Crippen molar-refractivity contribution >= 4 is 23.5 Å². The summed E-state index contributed by atoms with van der Waals surface area (Å²) in [4.78, 5) is 34.3. The lowest BCUT2D eigenvalue weighted by Gasteiger charge is -2.14. The first-order valence-corrected chi connectivity index (χ1v) is 5.77. The number of carbonyl (C=O) groups is 3. The molecule has 0 atom stereocenters. The summed E-state index contributed by atoms with van der Waals surface area (Å²) in [5.74, 6) is -2.13. The third-order valence-corrected chi connectivity index (χ3v) is 2.25. The van der Waals surface area contributed by atoms with Gasteiger partial charge >= 0.3 is 5.97 Å². The van der Waals surface area contributed by atoms with Crippen LogP contribution in [0.1, 0.15) is 41.5 Å². The van der Waals surface area contributed by atoms with Crippen molar-refractivity contribution in [1.29, 1.82) is 0 Å². The second-order valence-electron chi connectivity index (χ2n) is 4.34. The molecule has 0 bridgehead atoms. The lowest BCUT2D eigenvalue weighted by atomic mass is 10.0. The van der Waals surface area contributed by atoms with Crippen LogP contribution in [0.2, 0.25) is 0 Å². The van der Waals surface area contributed by atoms with E-state index in [0.29, 0.717) is 0 Å². The van der Waals surface area contributed by atoms with Gasteiger partial charge in [0.2, 0.25) is 5.91 Å². The zero-order chi connectivity index (χ0) is 14.6. The van der Waals surface area contributed by atoms with Crippen LogP contribution in [0.15, 0.2) is 18.2 Å². The van der Waals surface area contributed by atoms with E-state index < -0.39 is 11.9 Å². The third kappa shape index (κ3) is 3.80. The van der Waals surface area contributed by atoms with Crippen molar-refractivity contribution in [3.8, 4) is 0 Å². The SMILES string of the molecule is CC(=O)Nc1cccc(C(=O)O)c1C(=O)NC(C)C. The highest BCUT2D eigenvalue weighted by Crippen LogP contribution is 2.20.